The number of anilines is 1. The monoisotopic (exact) mass is 464 g/mol. The van der Waals surface area contributed by atoms with E-state index in [0.29, 0.717) is 35.0 Å². The molecule has 7 heteroatoms. The minimum absolute atomic E-state index is 0.0562. The predicted molar refractivity (Wildman–Crippen MR) is 135 cm³/mol. The molecule has 0 fully saturated rings. The summed E-state index contributed by atoms with van der Waals surface area (Å²) in [6.45, 7) is 0.561. The number of carbonyl (C=O) groups is 1. The second-order valence-electron chi connectivity index (χ2n) is 7.67. The first kappa shape index (κ1) is 23.3. The molecular formula is C28H24N4O3. The summed E-state index contributed by atoms with van der Waals surface area (Å²) in [5.74, 6) is 0.468. The molecule has 0 spiro atoms. The van der Waals surface area contributed by atoms with Gasteiger partial charge in [0.25, 0.3) is 5.91 Å². The molecule has 1 aromatic heterocycles. The highest BCUT2D eigenvalue weighted by Gasteiger charge is 2.16. The van der Waals surface area contributed by atoms with Crippen molar-refractivity contribution < 1.29 is 14.3 Å². The Morgan fingerprint density at radius 3 is 2.40 bits per heavy atom. The number of hydrogen-bond acceptors (Lipinski definition) is 5. The summed E-state index contributed by atoms with van der Waals surface area (Å²) >= 11 is 0. The van der Waals surface area contributed by atoms with Gasteiger partial charge in [0.05, 0.1) is 32.1 Å². The largest absolute Gasteiger partial charge is 0.497 e. The van der Waals surface area contributed by atoms with Crippen molar-refractivity contribution in [3.63, 3.8) is 0 Å². The second kappa shape index (κ2) is 10.9. The third kappa shape index (κ3) is 5.57. The van der Waals surface area contributed by atoms with Gasteiger partial charge in [0.1, 0.15) is 23.1 Å². The molecule has 1 N–H and O–H groups in total. The van der Waals surface area contributed by atoms with E-state index in [9.17, 15) is 10.1 Å². The van der Waals surface area contributed by atoms with Crippen LogP contribution >= 0.6 is 0 Å². The number of aromatic nitrogens is 2. The highest BCUT2D eigenvalue weighted by atomic mass is 16.5. The summed E-state index contributed by atoms with van der Waals surface area (Å²) in [6.07, 6.45) is 3.40. The molecule has 1 amide bonds. The Balaban J connectivity index is 1.68. The molecule has 3 aromatic carbocycles. The predicted octanol–water partition coefficient (Wildman–Crippen LogP) is 5.16. The van der Waals surface area contributed by atoms with Crippen LogP contribution in [0.15, 0.2) is 90.6 Å². The first-order valence-corrected chi connectivity index (χ1v) is 10.9. The van der Waals surface area contributed by atoms with Crippen LogP contribution in [0.2, 0.25) is 0 Å². The summed E-state index contributed by atoms with van der Waals surface area (Å²) in [7, 11) is 3.05. The third-order valence-corrected chi connectivity index (χ3v) is 5.35. The van der Waals surface area contributed by atoms with E-state index < -0.39 is 5.91 Å². The van der Waals surface area contributed by atoms with Gasteiger partial charge in [-0.3, -0.25) is 9.48 Å². The average molecular weight is 465 g/mol. The summed E-state index contributed by atoms with van der Waals surface area (Å²) in [6, 6.07) is 26.7. The van der Waals surface area contributed by atoms with Crippen molar-refractivity contribution >= 4 is 17.7 Å². The molecule has 0 radical (unpaired) electrons. The maximum Gasteiger partial charge on any atom is 0.266 e. The highest BCUT2D eigenvalue weighted by Crippen LogP contribution is 2.30. The number of carbonyl (C=O) groups excluding carboxylic acids is 1. The van der Waals surface area contributed by atoms with Gasteiger partial charge in [0, 0.05) is 23.4 Å². The van der Waals surface area contributed by atoms with Crippen molar-refractivity contribution in [1.82, 2.24) is 9.78 Å². The number of rotatable bonds is 8. The normalized spacial score (nSPS) is 10.9. The molecule has 0 bridgehead atoms. The van der Waals surface area contributed by atoms with Crippen molar-refractivity contribution in [1.29, 1.82) is 5.26 Å². The Bertz CT molecular complexity index is 1390. The Kier molecular flexibility index (Phi) is 7.24. The van der Waals surface area contributed by atoms with Crippen LogP contribution < -0.4 is 14.8 Å². The van der Waals surface area contributed by atoms with Gasteiger partial charge in [-0.25, -0.2) is 0 Å². The summed E-state index contributed by atoms with van der Waals surface area (Å²) in [4.78, 5) is 13.0. The van der Waals surface area contributed by atoms with Crippen LogP contribution in [0.5, 0.6) is 11.5 Å². The van der Waals surface area contributed by atoms with Crippen LogP contribution in [0, 0.1) is 11.3 Å². The van der Waals surface area contributed by atoms with Crippen LogP contribution in [0.25, 0.3) is 17.3 Å². The number of methoxy groups -OCH3 is 2. The molecule has 0 aliphatic rings. The van der Waals surface area contributed by atoms with Gasteiger partial charge in [0.15, 0.2) is 0 Å². The Hall–Kier alpha value is -4.83. The Morgan fingerprint density at radius 2 is 1.74 bits per heavy atom. The van der Waals surface area contributed by atoms with Crippen LogP contribution in [0.4, 0.5) is 5.69 Å². The molecule has 0 atom stereocenters. The molecule has 7 nitrogen and oxygen atoms in total. The maximum absolute atomic E-state index is 13.0. The van der Waals surface area contributed by atoms with Crippen molar-refractivity contribution in [2.45, 2.75) is 6.54 Å². The zero-order valence-corrected chi connectivity index (χ0v) is 19.4. The van der Waals surface area contributed by atoms with Crippen LogP contribution in [-0.4, -0.2) is 29.9 Å². The zero-order valence-electron chi connectivity index (χ0n) is 19.4. The van der Waals surface area contributed by atoms with Crippen LogP contribution in [0.3, 0.4) is 0 Å². The number of nitrogens with one attached hydrogen (secondary N) is 1. The minimum Gasteiger partial charge on any atom is -0.497 e. The van der Waals surface area contributed by atoms with E-state index in [4.69, 9.17) is 14.6 Å². The van der Waals surface area contributed by atoms with Gasteiger partial charge < -0.3 is 14.8 Å². The molecule has 4 aromatic rings. The van der Waals surface area contributed by atoms with E-state index >= 15 is 0 Å². The fraction of sp³-hybridized carbons (Fsp3) is 0.107. The highest BCUT2D eigenvalue weighted by molar-refractivity contribution is 6.10. The molecule has 174 valence electrons. The van der Waals surface area contributed by atoms with E-state index in [1.54, 1.807) is 31.4 Å². The standard InChI is InChI=1S/C28H24N4O3/c1-34-24-13-14-25(26(16-24)35-2)30-28(33)22(17-29)15-23-19-32(18-20-9-5-3-6-10-20)31-27(23)21-11-7-4-8-12-21/h3-16,19H,18H2,1-2H3,(H,30,33). The Morgan fingerprint density at radius 1 is 1.03 bits per heavy atom. The third-order valence-electron chi connectivity index (χ3n) is 5.35. The Labute approximate surface area is 203 Å². The smallest absolute Gasteiger partial charge is 0.266 e. The number of benzene rings is 3. The van der Waals surface area contributed by atoms with Crippen molar-refractivity contribution in [2.75, 3.05) is 19.5 Å². The molecule has 0 aliphatic carbocycles. The molecule has 0 aliphatic heterocycles. The maximum atomic E-state index is 13.0. The SMILES string of the molecule is COc1ccc(NC(=O)C(C#N)=Cc2cn(Cc3ccccc3)nc2-c2ccccc2)c(OC)c1. The first-order valence-electron chi connectivity index (χ1n) is 10.9. The van der Waals surface area contributed by atoms with Crippen LogP contribution in [-0.2, 0) is 11.3 Å². The lowest BCUT2D eigenvalue weighted by atomic mass is 10.1. The van der Waals surface area contributed by atoms with E-state index in [1.807, 2.05) is 77.6 Å². The molecule has 4 rings (SSSR count). The fourth-order valence-electron chi connectivity index (χ4n) is 3.61. The van der Waals surface area contributed by atoms with Crippen molar-refractivity contribution in [2.24, 2.45) is 0 Å². The lowest BCUT2D eigenvalue weighted by Gasteiger charge is -2.11. The van der Waals surface area contributed by atoms with Crippen molar-refractivity contribution in [3.8, 4) is 28.8 Å². The number of nitrogens with zero attached hydrogens (tertiary/aromatic N) is 3. The molecule has 0 saturated heterocycles. The minimum atomic E-state index is -0.550. The average Bonchev–Trinajstić information content (AvgIpc) is 3.30. The molecule has 1 heterocycles. The lowest BCUT2D eigenvalue weighted by Crippen LogP contribution is -2.14. The summed E-state index contributed by atoms with van der Waals surface area (Å²) in [5.41, 5.74) is 3.71. The first-order chi connectivity index (χ1) is 17.1. The van der Waals surface area contributed by atoms with Crippen LogP contribution in [0.1, 0.15) is 11.1 Å². The van der Waals surface area contributed by atoms with Gasteiger partial charge in [0.2, 0.25) is 0 Å². The molecule has 0 unspecified atom stereocenters. The fourth-order valence-corrected chi connectivity index (χ4v) is 3.61. The number of nitriles is 1. The van der Waals surface area contributed by atoms with Gasteiger partial charge in [-0.2, -0.15) is 10.4 Å². The number of hydrogen-bond donors (Lipinski definition) is 1. The van der Waals surface area contributed by atoms with E-state index in [-0.39, 0.29) is 5.57 Å². The van der Waals surface area contributed by atoms with Gasteiger partial charge in [-0.15, -0.1) is 0 Å². The number of amides is 1. The molecule has 35 heavy (non-hydrogen) atoms. The van der Waals surface area contributed by atoms with Gasteiger partial charge >= 0.3 is 0 Å². The van der Waals surface area contributed by atoms with E-state index in [2.05, 4.69) is 5.32 Å². The van der Waals surface area contributed by atoms with Gasteiger partial charge in [-0.05, 0) is 23.8 Å². The van der Waals surface area contributed by atoms with E-state index in [1.165, 1.54) is 7.11 Å². The van der Waals surface area contributed by atoms with Gasteiger partial charge in [-0.1, -0.05) is 60.7 Å². The zero-order chi connectivity index (χ0) is 24.6. The van der Waals surface area contributed by atoms with E-state index in [0.717, 1.165) is 11.1 Å². The lowest BCUT2D eigenvalue weighted by molar-refractivity contribution is -0.112. The summed E-state index contributed by atoms with van der Waals surface area (Å²) in [5, 5.41) is 17.3. The number of ether oxygens (including phenoxy) is 2. The van der Waals surface area contributed by atoms with Crippen molar-refractivity contribution in [3.05, 3.63) is 102 Å². The summed E-state index contributed by atoms with van der Waals surface area (Å²) < 4.78 is 12.4. The molecule has 0 saturated carbocycles. The quantitative estimate of drug-likeness (QED) is 0.287. The molecular weight excluding hydrogens is 440 g/mol. The topological polar surface area (TPSA) is 89.2 Å². The second-order valence-corrected chi connectivity index (χ2v) is 7.67.